The highest BCUT2D eigenvalue weighted by Gasteiger charge is 1.93. The third-order valence-corrected chi connectivity index (χ3v) is 1.65. The van der Waals surface area contributed by atoms with E-state index in [9.17, 15) is 4.79 Å². The highest BCUT2D eigenvalue weighted by molar-refractivity contribution is 5.77. The Morgan fingerprint density at radius 1 is 1.27 bits per heavy atom. The van der Waals surface area contributed by atoms with E-state index in [1.807, 2.05) is 35.2 Å². The Hall–Kier alpha value is -1.57. The van der Waals surface area contributed by atoms with Crippen molar-refractivity contribution in [3.8, 4) is 0 Å². The summed E-state index contributed by atoms with van der Waals surface area (Å²) in [5.74, 6) is 0. The van der Waals surface area contributed by atoms with Gasteiger partial charge in [0, 0.05) is 23.5 Å². The lowest BCUT2D eigenvalue weighted by atomic mass is 10.3. The largest absolute Gasteiger partial charge is 0.324 e. The van der Waals surface area contributed by atoms with Gasteiger partial charge in [-0.3, -0.25) is 4.79 Å². The molecule has 0 aromatic carbocycles. The van der Waals surface area contributed by atoms with Crippen LogP contribution in [0.4, 0.5) is 0 Å². The molecule has 0 unspecified atom stereocenters. The minimum Gasteiger partial charge on any atom is -0.324 e. The summed E-state index contributed by atoms with van der Waals surface area (Å²) >= 11 is 0. The molecular formula is C9H6NO. The molecule has 0 saturated carbocycles. The molecule has 1 radical (unpaired) electrons. The molecule has 0 aliphatic heterocycles. The zero-order chi connectivity index (χ0) is 7.68. The Balaban J connectivity index is 2.76. The van der Waals surface area contributed by atoms with Gasteiger partial charge in [-0.25, -0.2) is 0 Å². The summed E-state index contributed by atoms with van der Waals surface area (Å²) in [6.07, 6.45) is 5.62. The maximum Gasteiger partial charge on any atom is 0.233 e. The second-order valence-corrected chi connectivity index (χ2v) is 2.36. The average molecular weight is 144 g/mol. The first kappa shape index (κ1) is 6.16. The molecule has 0 atom stereocenters. The zero-order valence-corrected chi connectivity index (χ0v) is 5.82. The van der Waals surface area contributed by atoms with E-state index >= 15 is 0 Å². The molecule has 53 valence electrons. The first-order valence-electron chi connectivity index (χ1n) is 3.35. The fourth-order valence-electron chi connectivity index (χ4n) is 1.10. The first-order chi connectivity index (χ1) is 5.40. The molecule has 0 aliphatic rings. The Kier molecular flexibility index (Phi) is 1.25. The van der Waals surface area contributed by atoms with Crippen LogP contribution < -0.4 is 0 Å². The number of nitrogens with zero attached hydrogens (tertiary/aromatic N) is 1. The molecule has 0 aliphatic carbocycles. The van der Waals surface area contributed by atoms with Crippen LogP contribution in [0.15, 0.2) is 36.7 Å². The quantitative estimate of drug-likeness (QED) is 0.592. The molecule has 0 N–H and O–H groups in total. The van der Waals surface area contributed by atoms with Crippen molar-refractivity contribution in [3.05, 3.63) is 42.2 Å². The lowest BCUT2D eigenvalue weighted by Gasteiger charge is -1.92. The van der Waals surface area contributed by atoms with E-state index in [1.165, 1.54) is 0 Å². The molecule has 2 rings (SSSR count). The first-order valence-corrected chi connectivity index (χ1v) is 3.35. The van der Waals surface area contributed by atoms with Crippen LogP contribution in [0.25, 0.3) is 5.52 Å². The minimum absolute atomic E-state index is 0.594. The lowest BCUT2D eigenvalue weighted by molar-refractivity contribution is 0.562. The predicted octanol–water partition coefficient (Wildman–Crippen LogP) is 1.40. The van der Waals surface area contributed by atoms with Crippen LogP contribution in [-0.4, -0.2) is 10.7 Å². The van der Waals surface area contributed by atoms with E-state index in [-0.39, 0.29) is 0 Å². The molecule has 2 nitrogen and oxygen atoms in total. The van der Waals surface area contributed by atoms with Crippen LogP contribution >= 0.6 is 0 Å². The highest BCUT2D eigenvalue weighted by atomic mass is 16.1. The topological polar surface area (TPSA) is 21.5 Å². The van der Waals surface area contributed by atoms with Crippen LogP contribution in [-0.2, 0) is 4.79 Å². The number of pyridine rings is 1. The van der Waals surface area contributed by atoms with Gasteiger partial charge in [-0.05, 0) is 24.3 Å². The third-order valence-electron chi connectivity index (χ3n) is 1.65. The van der Waals surface area contributed by atoms with E-state index in [0.29, 0.717) is 5.56 Å². The lowest BCUT2D eigenvalue weighted by Crippen LogP contribution is -1.84. The predicted molar refractivity (Wildman–Crippen MR) is 42.2 cm³/mol. The summed E-state index contributed by atoms with van der Waals surface area (Å²) in [4.78, 5) is 10.2. The van der Waals surface area contributed by atoms with E-state index < -0.39 is 0 Å². The summed E-state index contributed by atoms with van der Waals surface area (Å²) in [5.41, 5.74) is 1.61. The Morgan fingerprint density at radius 2 is 2.18 bits per heavy atom. The van der Waals surface area contributed by atoms with Crippen molar-refractivity contribution < 1.29 is 4.79 Å². The van der Waals surface area contributed by atoms with Crippen molar-refractivity contribution in [3.63, 3.8) is 0 Å². The summed E-state index contributed by atoms with van der Waals surface area (Å²) in [6.45, 7) is 0. The van der Waals surface area contributed by atoms with E-state index in [1.54, 1.807) is 12.1 Å². The van der Waals surface area contributed by atoms with Crippen molar-refractivity contribution in [1.29, 1.82) is 0 Å². The molecular weight excluding hydrogens is 138 g/mol. The standard InChI is InChI=1S/C9H6NO/c11-7-8-3-5-10-4-1-2-9(10)6-8/h1-6H. The van der Waals surface area contributed by atoms with Crippen molar-refractivity contribution >= 4 is 11.8 Å². The van der Waals surface area contributed by atoms with Gasteiger partial charge < -0.3 is 4.40 Å². The maximum atomic E-state index is 10.2. The van der Waals surface area contributed by atoms with Crippen LogP contribution in [0.2, 0.25) is 0 Å². The number of fused-ring (bicyclic) bond motifs is 1. The number of hydrogen-bond acceptors (Lipinski definition) is 1. The monoisotopic (exact) mass is 144 g/mol. The Morgan fingerprint density at radius 3 is 3.00 bits per heavy atom. The van der Waals surface area contributed by atoms with Gasteiger partial charge in [0.25, 0.3) is 0 Å². The fraction of sp³-hybridized carbons (Fsp3) is 0. The van der Waals surface area contributed by atoms with Gasteiger partial charge in [0.15, 0.2) is 0 Å². The summed E-state index contributed by atoms with van der Waals surface area (Å²) < 4.78 is 1.95. The number of aromatic nitrogens is 1. The second kappa shape index (κ2) is 2.23. The van der Waals surface area contributed by atoms with Crippen molar-refractivity contribution in [2.45, 2.75) is 0 Å². The smallest absolute Gasteiger partial charge is 0.233 e. The van der Waals surface area contributed by atoms with Gasteiger partial charge >= 0.3 is 0 Å². The molecule has 11 heavy (non-hydrogen) atoms. The van der Waals surface area contributed by atoms with Crippen molar-refractivity contribution in [2.75, 3.05) is 0 Å². The van der Waals surface area contributed by atoms with Crippen LogP contribution in [0.1, 0.15) is 5.56 Å². The molecule has 0 amide bonds. The van der Waals surface area contributed by atoms with Gasteiger partial charge in [-0.2, -0.15) is 0 Å². The zero-order valence-electron chi connectivity index (χ0n) is 5.82. The molecule has 0 fully saturated rings. The minimum atomic E-state index is 0.594. The Bertz CT molecular complexity index is 389. The fourth-order valence-corrected chi connectivity index (χ4v) is 1.10. The molecule has 0 saturated heterocycles. The van der Waals surface area contributed by atoms with Crippen LogP contribution in [0, 0.1) is 0 Å². The summed E-state index contributed by atoms with van der Waals surface area (Å²) in [7, 11) is 0. The molecule has 2 heterocycles. The van der Waals surface area contributed by atoms with E-state index in [4.69, 9.17) is 0 Å². The molecule has 0 spiro atoms. The highest BCUT2D eigenvalue weighted by Crippen LogP contribution is 2.05. The third kappa shape index (κ3) is 0.923. The van der Waals surface area contributed by atoms with Gasteiger partial charge in [-0.1, -0.05) is 0 Å². The molecule has 2 aromatic rings. The normalized spacial score (nSPS) is 10.2. The maximum absolute atomic E-state index is 10.2. The SMILES string of the molecule is O=[C]c1ccn2cccc2c1. The van der Waals surface area contributed by atoms with Crippen LogP contribution in [0.3, 0.4) is 0 Å². The van der Waals surface area contributed by atoms with Crippen LogP contribution in [0.5, 0.6) is 0 Å². The second-order valence-electron chi connectivity index (χ2n) is 2.36. The molecule has 0 bridgehead atoms. The van der Waals surface area contributed by atoms with Crippen molar-refractivity contribution in [1.82, 2.24) is 4.40 Å². The molecule has 2 aromatic heterocycles. The van der Waals surface area contributed by atoms with E-state index in [0.717, 1.165) is 5.52 Å². The van der Waals surface area contributed by atoms with Gasteiger partial charge in [0.1, 0.15) is 0 Å². The van der Waals surface area contributed by atoms with E-state index in [2.05, 4.69) is 0 Å². The number of rotatable bonds is 1. The summed E-state index contributed by atoms with van der Waals surface area (Å²) in [6, 6.07) is 7.41. The Labute approximate surface area is 64.1 Å². The summed E-state index contributed by atoms with van der Waals surface area (Å²) in [5, 5.41) is 0. The van der Waals surface area contributed by atoms with Gasteiger partial charge in [-0.15, -0.1) is 0 Å². The number of hydrogen-bond donors (Lipinski definition) is 0. The van der Waals surface area contributed by atoms with Crippen molar-refractivity contribution in [2.24, 2.45) is 0 Å². The molecule has 2 heteroatoms. The van der Waals surface area contributed by atoms with Gasteiger partial charge in [0.2, 0.25) is 6.29 Å². The number of carbonyl (C=O) groups excluding carboxylic acids is 1. The average Bonchev–Trinajstić information content (AvgIpc) is 2.50. The van der Waals surface area contributed by atoms with Gasteiger partial charge in [0.05, 0.1) is 0 Å².